The summed E-state index contributed by atoms with van der Waals surface area (Å²) in [5.74, 6) is 0.994. The number of hydrogen-bond acceptors (Lipinski definition) is 3. The van der Waals surface area contributed by atoms with E-state index in [1.807, 2.05) is 17.0 Å². The lowest BCUT2D eigenvalue weighted by Gasteiger charge is -2.43. The van der Waals surface area contributed by atoms with Crippen molar-refractivity contribution in [3.05, 3.63) is 29.8 Å². The number of hydrogen-bond donors (Lipinski definition) is 0. The second-order valence-electron chi connectivity index (χ2n) is 5.59. The van der Waals surface area contributed by atoms with E-state index >= 15 is 0 Å². The summed E-state index contributed by atoms with van der Waals surface area (Å²) in [5, 5.41) is 0. The Kier molecular flexibility index (Phi) is 4.65. The molecule has 2 rings (SSSR count). The SMILES string of the molecule is COc1ccc([C@H]2CN(C(C)C)CCN2C(C)=O)cc1. The van der Waals surface area contributed by atoms with Crippen molar-refractivity contribution < 1.29 is 9.53 Å². The number of amides is 1. The molecule has 0 unspecified atom stereocenters. The molecule has 1 aromatic rings. The molecule has 4 nitrogen and oxygen atoms in total. The van der Waals surface area contributed by atoms with Crippen molar-refractivity contribution in [2.45, 2.75) is 32.9 Å². The van der Waals surface area contributed by atoms with Crippen LogP contribution in [0.5, 0.6) is 5.75 Å². The van der Waals surface area contributed by atoms with E-state index in [0.717, 1.165) is 25.4 Å². The first-order valence-electron chi connectivity index (χ1n) is 7.18. The number of carbonyl (C=O) groups excluding carboxylic acids is 1. The third-order valence-electron chi connectivity index (χ3n) is 4.05. The van der Waals surface area contributed by atoms with Crippen LogP contribution in [0, 0.1) is 0 Å². The van der Waals surface area contributed by atoms with Crippen LogP contribution in [0.3, 0.4) is 0 Å². The Morgan fingerprint density at radius 2 is 1.90 bits per heavy atom. The number of nitrogens with zero attached hydrogens (tertiary/aromatic N) is 2. The van der Waals surface area contributed by atoms with E-state index in [9.17, 15) is 4.79 Å². The van der Waals surface area contributed by atoms with Crippen LogP contribution >= 0.6 is 0 Å². The van der Waals surface area contributed by atoms with Gasteiger partial charge in [0, 0.05) is 32.6 Å². The van der Waals surface area contributed by atoms with Gasteiger partial charge in [-0.1, -0.05) is 12.1 Å². The molecule has 1 atom stereocenters. The third-order valence-corrected chi connectivity index (χ3v) is 4.05. The Morgan fingerprint density at radius 1 is 1.25 bits per heavy atom. The molecule has 1 heterocycles. The van der Waals surface area contributed by atoms with Crippen LogP contribution in [0.15, 0.2) is 24.3 Å². The predicted molar refractivity (Wildman–Crippen MR) is 79.8 cm³/mol. The summed E-state index contributed by atoms with van der Waals surface area (Å²) in [6.45, 7) is 8.70. The minimum Gasteiger partial charge on any atom is -0.497 e. The highest BCUT2D eigenvalue weighted by molar-refractivity contribution is 5.74. The Bertz CT molecular complexity index is 456. The van der Waals surface area contributed by atoms with Crippen molar-refractivity contribution in [2.24, 2.45) is 0 Å². The fraction of sp³-hybridized carbons (Fsp3) is 0.562. The lowest BCUT2D eigenvalue weighted by Crippen LogP contribution is -2.51. The normalized spacial score (nSPS) is 20.2. The number of rotatable bonds is 3. The molecule has 0 saturated carbocycles. The zero-order valence-electron chi connectivity index (χ0n) is 12.8. The average Bonchev–Trinajstić information content (AvgIpc) is 2.46. The van der Waals surface area contributed by atoms with Crippen LogP contribution in [0.1, 0.15) is 32.4 Å². The maximum absolute atomic E-state index is 11.9. The summed E-state index contributed by atoms with van der Waals surface area (Å²) in [4.78, 5) is 16.3. The first kappa shape index (κ1) is 14.9. The first-order valence-corrected chi connectivity index (χ1v) is 7.18. The molecule has 0 radical (unpaired) electrons. The third kappa shape index (κ3) is 3.12. The van der Waals surface area contributed by atoms with Crippen molar-refractivity contribution >= 4 is 5.91 Å². The molecule has 0 spiro atoms. The molecule has 1 saturated heterocycles. The number of carbonyl (C=O) groups is 1. The van der Waals surface area contributed by atoms with Crippen molar-refractivity contribution in [3.8, 4) is 5.75 Å². The molecule has 0 N–H and O–H groups in total. The molecule has 0 bridgehead atoms. The first-order chi connectivity index (χ1) is 9.52. The number of piperazine rings is 1. The molecule has 0 aromatic heterocycles. The second kappa shape index (κ2) is 6.27. The Morgan fingerprint density at radius 3 is 2.40 bits per heavy atom. The van der Waals surface area contributed by atoms with Crippen LogP contribution in [-0.4, -0.2) is 48.5 Å². The highest BCUT2D eigenvalue weighted by Crippen LogP contribution is 2.27. The minimum atomic E-state index is 0.134. The van der Waals surface area contributed by atoms with Crippen LogP contribution in [-0.2, 0) is 4.79 Å². The van der Waals surface area contributed by atoms with E-state index in [4.69, 9.17) is 4.74 Å². The molecular weight excluding hydrogens is 252 g/mol. The van der Waals surface area contributed by atoms with E-state index in [-0.39, 0.29) is 11.9 Å². The van der Waals surface area contributed by atoms with Crippen LogP contribution in [0.25, 0.3) is 0 Å². The van der Waals surface area contributed by atoms with E-state index in [1.165, 1.54) is 5.56 Å². The average molecular weight is 276 g/mol. The highest BCUT2D eigenvalue weighted by atomic mass is 16.5. The minimum absolute atomic E-state index is 0.134. The molecule has 110 valence electrons. The van der Waals surface area contributed by atoms with Gasteiger partial charge < -0.3 is 9.64 Å². The van der Waals surface area contributed by atoms with Gasteiger partial charge in [0.1, 0.15) is 5.75 Å². The molecule has 4 heteroatoms. The van der Waals surface area contributed by atoms with Gasteiger partial charge >= 0.3 is 0 Å². The summed E-state index contributed by atoms with van der Waals surface area (Å²) >= 11 is 0. The van der Waals surface area contributed by atoms with Gasteiger partial charge in [0.05, 0.1) is 13.2 Å². The highest BCUT2D eigenvalue weighted by Gasteiger charge is 2.30. The van der Waals surface area contributed by atoms with Crippen LogP contribution in [0.2, 0.25) is 0 Å². The maximum atomic E-state index is 11.9. The molecule has 20 heavy (non-hydrogen) atoms. The van der Waals surface area contributed by atoms with E-state index in [0.29, 0.717) is 6.04 Å². The van der Waals surface area contributed by atoms with Crippen molar-refractivity contribution in [1.82, 2.24) is 9.80 Å². The number of benzene rings is 1. The zero-order chi connectivity index (χ0) is 14.7. The van der Waals surface area contributed by atoms with Crippen molar-refractivity contribution in [1.29, 1.82) is 0 Å². The smallest absolute Gasteiger partial charge is 0.220 e. The molecule has 0 aliphatic carbocycles. The molecule has 1 aliphatic rings. The maximum Gasteiger partial charge on any atom is 0.220 e. The summed E-state index contributed by atoms with van der Waals surface area (Å²) in [6.07, 6.45) is 0. The second-order valence-corrected chi connectivity index (χ2v) is 5.59. The van der Waals surface area contributed by atoms with E-state index < -0.39 is 0 Å². The molecule has 1 amide bonds. The summed E-state index contributed by atoms with van der Waals surface area (Å²) in [6, 6.07) is 8.68. The Hall–Kier alpha value is -1.55. The fourth-order valence-electron chi connectivity index (χ4n) is 2.76. The Balaban J connectivity index is 2.23. The molecular formula is C16H24N2O2. The summed E-state index contributed by atoms with van der Waals surface area (Å²) in [5.41, 5.74) is 1.17. The number of methoxy groups -OCH3 is 1. The largest absolute Gasteiger partial charge is 0.497 e. The molecule has 1 aliphatic heterocycles. The molecule has 1 aromatic carbocycles. The van der Waals surface area contributed by atoms with Crippen molar-refractivity contribution in [2.75, 3.05) is 26.7 Å². The topological polar surface area (TPSA) is 32.8 Å². The molecule has 1 fully saturated rings. The fourth-order valence-corrected chi connectivity index (χ4v) is 2.76. The summed E-state index contributed by atoms with van der Waals surface area (Å²) < 4.78 is 5.20. The van der Waals surface area contributed by atoms with Gasteiger partial charge in [-0.3, -0.25) is 9.69 Å². The summed E-state index contributed by atoms with van der Waals surface area (Å²) in [7, 11) is 1.66. The van der Waals surface area contributed by atoms with Crippen LogP contribution in [0.4, 0.5) is 0 Å². The quantitative estimate of drug-likeness (QED) is 0.849. The monoisotopic (exact) mass is 276 g/mol. The van der Waals surface area contributed by atoms with Gasteiger partial charge in [0.2, 0.25) is 5.91 Å². The zero-order valence-corrected chi connectivity index (χ0v) is 12.8. The van der Waals surface area contributed by atoms with Gasteiger partial charge in [0.15, 0.2) is 0 Å². The Labute approximate surface area is 121 Å². The number of ether oxygens (including phenoxy) is 1. The van der Waals surface area contributed by atoms with E-state index in [2.05, 4.69) is 30.9 Å². The van der Waals surface area contributed by atoms with Gasteiger partial charge in [0.25, 0.3) is 0 Å². The van der Waals surface area contributed by atoms with Gasteiger partial charge in [-0.15, -0.1) is 0 Å². The lowest BCUT2D eigenvalue weighted by molar-refractivity contribution is -0.134. The standard InChI is InChI=1S/C16H24N2O2/c1-12(2)17-9-10-18(13(3)19)16(11-17)14-5-7-15(20-4)8-6-14/h5-8,12,16H,9-11H2,1-4H3/t16-/m1/s1. The van der Waals surface area contributed by atoms with Crippen LogP contribution < -0.4 is 4.74 Å². The van der Waals surface area contributed by atoms with Crippen molar-refractivity contribution in [3.63, 3.8) is 0 Å². The van der Waals surface area contributed by atoms with Gasteiger partial charge in [-0.25, -0.2) is 0 Å². The lowest BCUT2D eigenvalue weighted by atomic mass is 10.0. The van der Waals surface area contributed by atoms with E-state index in [1.54, 1.807) is 14.0 Å². The van der Waals surface area contributed by atoms with Gasteiger partial charge in [-0.05, 0) is 31.5 Å². The predicted octanol–water partition coefficient (Wildman–Crippen LogP) is 2.31. The van der Waals surface area contributed by atoms with Gasteiger partial charge in [-0.2, -0.15) is 0 Å².